The highest BCUT2D eigenvalue weighted by Crippen LogP contribution is 2.35. The van der Waals surface area contributed by atoms with Crippen molar-refractivity contribution in [2.75, 3.05) is 36.1 Å². The number of ether oxygens (including phenoxy) is 2. The number of nitrogens with one attached hydrogen (secondary N) is 1. The fourth-order valence-corrected chi connectivity index (χ4v) is 4.61. The molecule has 1 aliphatic heterocycles. The molecule has 2 aromatic carbocycles. The second-order valence-electron chi connectivity index (χ2n) is 6.16. The van der Waals surface area contributed by atoms with Crippen molar-refractivity contribution < 1.29 is 22.7 Å². The maximum atomic E-state index is 12.4. The fraction of sp³-hybridized carbons (Fsp3) is 0.316. The molecule has 1 saturated heterocycles. The van der Waals surface area contributed by atoms with Gasteiger partial charge in [0.15, 0.2) is 0 Å². The molecule has 1 amide bonds. The summed E-state index contributed by atoms with van der Waals surface area (Å²) in [6.45, 7) is 0.427. The van der Waals surface area contributed by atoms with Gasteiger partial charge in [-0.05, 0) is 49.2 Å². The summed E-state index contributed by atoms with van der Waals surface area (Å²) in [6, 6.07) is 11.7. The normalized spacial score (nSPS) is 15.9. The molecule has 1 fully saturated rings. The Labute approximate surface area is 158 Å². The summed E-state index contributed by atoms with van der Waals surface area (Å²) in [7, 11) is -0.303. The van der Waals surface area contributed by atoms with Gasteiger partial charge in [0.2, 0.25) is 10.0 Å². The fourth-order valence-electron chi connectivity index (χ4n) is 2.97. The molecule has 7 nitrogen and oxygen atoms in total. The lowest BCUT2D eigenvalue weighted by Gasteiger charge is -2.29. The van der Waals surface area contributed by atoms with Crippen molar-refractivity contribution in [2.45, 2.75) is 12.8 Å². The molecule has 0 spiro atoms. The van der Waals surface area contributed by atoms with Crippen LogP contribution in [0.25, 0.3) is 0 Å². The quantitative estimate of drug-likeness (QED) is 0.849. The van der Waals surface area contributed by atoms with E-state index in [2.05, 4.69) is 5.32 Å². The van der Waals surface area contributed by atoms with Crippen molar-refractivity contribution in [2.24, 2.45) is 0 Å². The highest BCUT2D eigenvalue weighted by molar-refractivity contribution is 7.92. The number of methoxy groups -OCH3 is 2. The zero-order valence-corrected chi connectivity index (χ0v) is 16.1. The van der Waals surface area contributed by atoms with Crippen molar-refractivity contribution in [1.29, 1.82) is 0 Å². The Balaban J connectivity index is 1.82. The monoisotopic (exact) mass is 390 g/mol. The van der Waals surface area contributed by atoms with Crippen LogP contribution in [0.3, 0.4) is 0 Å². The van der Waals surface area contributed by atoms with Gasteiger partial charge >= 0.3 is 0 Å². The molecule has 0 aromatic heterocycles. The number of amides is 1. The number of rotatable bonds is 5. The van der Waals surface area contributed by atoms with E-state index in [0.717, 1.165) is 6.42 Å². The lowest BCUT2D eigenvalue weighted by atomic mass is 10.2. The maximum absolute atomic E-state index is 12.4. The first kappa shape index (κ1) is 19.0. The predicted octanol–water partition coefficient (Wildman–Crippen LogP) is 2.89. The molecule has 0 bridgehead atoms. The molecule has 27 heavy (non-hydrogen) atoms. The molecule has 2 aromatic rings. The summed E-state index contributed by atoms with van der Waals surface area (Å²) < 4.78 is 36.5. The summed E-state index contributed by atoms with van der Waals surface area (Å²) in [5.41, 5.74) is 1.49. The minimum atomic E-state index is -3.34. The van der Waals surface area contributed by atoms with E-state index in [1.54, 1.807) is 49.6 Å². The number of nitrogens with zero attached hydrogens (tertiary/aromatic N) is 1. The number of hydrogen-bond donors (Lipinski definition) is 1. The zero-order chi connectivity index (χ0) is 19.4. The van der Waals surface area contributed by atoms with Gasteiger partial charge in [0.05, 0.1) is 25.7 Å². The standard InChI is InChI=1S/C19H22N2O5S/c1-25-16-8-5-14(6-9-16)19(22)20-15-7-10-17(18(13-15)26-2)21-11-3-4-12-27(21,23)24/h5-10,13H,3-4,11-12H2,1-2H3,(H,20,22). The van der Waals surface area contributed by atoms with E-state index in [0.29, 0.717) is 41.4 Å². The van der Waals surface area contributed by atoms with Gasteiger partial charge in [0.25, 0.3) is 5.91 Å². The van der Waals surface area contributed by atoms with Crippen LogP contribution in [-0.2, 0) is 10.0 Å². The van der Waals surface area contributed by atoms with Crippen LogP contribution in [0.4, 0.5) is 11.4 Å². The molecular weight excluding hydrogens is 368 g/mol. The number of benzene rings is 2. The molecule has 1 heterocycles. The average Bonchev–Trinajstić information content (AvgIpc) is 2.68. The van der Waals surface area contributed by atoms with E-state index < -0.39 is 10.0 Å². The van der Waals surface area contributed by atoms with Crippen molar-refractivity contribution >= 4 is 27.3 Å². The van der Waals surface area contributed by atoms with Crippen LogP contribution in [0, 0.1) is 0 Å². The van der Waals surface area contributed by atoms with Gasteiger partial charge in [-0.25, -0.2) is 8.42 Å². The van der Waals surface area contributed by atoms with Crippen LogP contribution >= 0.6 is 0 Å². The number of anilines is 2. The number of hydrogen-bond acceptors (Lipinski definition) is 5. The zero-order valence-electron chi connectivity index (χ0n) is 15.3. The van der Waals surface area contributed by atoms with Crippen LogP contribution in [0.15, 0.2) is 42.5 Å². The minimum Gasteiger partial charge on any atom is -0.497 e. The Kier molecular flexibility index (Phi) is 5.55. The van der Waals surface area contributed by atoms with E-state index in [-0.39, 0.29) is 11.7 Å². The number of sulfonamides is 1. The smallest absolute Gasteiger partial charge is 0.255 e. The molecule has 8 heteroatoms. The average molecular weight is 390 g/mol. The van der Waals surface area contributed by atoms with Crippen molar-refractivity contribution in [3.63, 3.8) is 0 Å². The Morgan fingerprint density at radius 2 is 1.78 bits per heavy atom. The van der Waals surface area contributed by atoms with Crippen LogP contribution in [0.1, 0.15) is 23.2 Å². The van der Waals surface area contributed by atoms with Gasteiger partial charge in [0.1, 0.15) is 11.5 Å². The molecule has 0 saturated carbocycles. The highest BCUT2D eigenvalue weighted by Gasteiger charge is 2.28. The van der Waals surface area contributed by atoms with Crippen LogP contribution in [0.5, 0.6) is 11.5 Å². The molecular formula is C19H22N2O5S. The van der Waals surface area contributed by atoms with Gasteiger partial charge in [-0.2, -0.15) is 0 Å². The van der Waals surface area contributed by atoms with Crippen LogP contribution < -0.4 is 19.1 Å². The van der Waals surface area contributed by atoms with Gasteiger partial charge in [0, 0.05) is 23.9 Å². The first-order chi connectivity index (χ1) is 12.9. The maximum Gasteiger partial charge on any atom is 0.255 e. The summed E-state index contributed by atoms with van der Waals surface area (Å²) in [4.78, 5) is 12.4. The van der Waals surface area contributed by atoms with Gasteiger partial charge in [-0.15, -0.1) is 0 Å². The topological polar surface area (TPSA) is 84.9 Å². The molecule has 144 valence electrons. The summed E-state index contributed by atoms with van der Waals surface area (Å²) >= 11 is 0. The Morgan fingerprint density at radius 1 is 1.04 bits per heavy atom. The Bertz CT molecular complexity index is 926. The molecule has 0 atom stereocenters. The van der Waals surface area contributed by atoms with Crippen molar-refractivity contribution in [1.82, 2.24) is 0 Å². The van der Waals surface area contributed by atoms with Crippen LogP contribution in [0.2, 0.25) is 0 Å². The third-order valence-corrected chi connectivity index (χ3v) is 6.26. The Hall–Kier alpha value is -2.74. The van der Waals surface area contributed by atoms with Gasteiger partial charge in [-0.3, -0.25) is 9.10 Å². The predicted molar refractivity (Wildman–Crippen MR) is 104 cm³/mol. The summed E-state index contributed by atoms with van der Waals surface area (Å²) in [5, 5.41) is 2.79. The molecule has 0 radical (unpaired) electrons. The molecule has 3 rings (SSSR count). The molecule has 0 aliphatic carbocycles. The SMILES string of the molecule is COc1ccc(C(=O)Nc2ccc(N3CCCCS3(=O)=O)c(OC)c2)cc1. The third-order valence-electron chi connectivity index (χ3n) is 4.41. The van der Waals surface area contributed by atoms with Crippen molar-refractivity contribution in [3.8, 4) is 11.5 Å². The van der Waals surface area contributed by atoms with Crippen LogP contribution in [-0.4, -0.2) is 40.8 Å². The van der Waals surface area contributed by atoms with E-state index in [1.807, 2.05) is 0 Å². The largest absolute Gasteiger partial charge is 0.497 e. The number of carbonyl (C=O) groups is 1. The second-order valence-corrected chi connectivity index (χ2v) is 8.18. The van der Waals surface area contributed by atoms with E-state index >= 15 is 0 Å². The third kappa shape index (κ3) is 4.16. The summed E-state index contributed by atoms with van der Waals surface area (Å²) in [6.07, 6.45) is 1.47. The van der Waals surface area contributed by atoms with Gasteiger partial charge < -0.3 is 14.8 Å². The van der Waals surface area contributed by atoms with E-state index in [1.165, 1.54) is 11.4 Å². The lowest BCUT2D eigenvalue weighted by Crippen LogP contribution is -2.38. The second kappa shape index (κ2) is 7.87. The molecule has 1 aliphatic rings. The lowest BCUT2D eigenvalue weighted by molar-refractivity contribution is 0.102. The van der Waals surface area contributed by atoms with E-state index in [4.69, 9.17) is 9.47 Å². The van der Waals surface area contributed by atoms with E-state index in [9.17, 15) is 13.2 Å². The highest BCUT2D eigenvalue weighted by atomic mass is 32.2. The minimum absolute atomic E-state index is 0.131. The first-order valence-electron chi connectivity index (χ1n) is 8.58. The van der Waals surface area contributed by atoms with Gasteiger partial charge in [-0.1, -0.05) is 0 Å². The summed E-state index contributed by atoms with van der Waals surface area (Å²) in [5.74, 6) is 0.915. The molecule has 0 unspecified atom stereocenters. The Morgan fingerprint density at radius 3 is 2.41 bits per heavy atom. The first-order valence-corrected chi connectivity index (χ1v) is 10.2. The van der Waals surface area contributed by atoms with Crippen molar-refractivity contribution in [3.05, 3.63) is 48.0 Å². The molecule has 1 N–H and O–H groups in total. The number of carbonyl (C=O) groups excluding carboxylic acids is 1.